The highest BCUT2D eigenvalue weighted by Crippen LogP contribution is 2.22. The third-order valence-corrected chi connectivity index (χ3v) is 2.73. The molecule has 1 aromatic carbocycles. The Kier molecular flexibility index (Phi) is 3.93. The number of hydrogen-bond acceptors (Lipinski definition) is 6. The Balaban J connectivity index is 2.07. The molecule has 0 radical (unpaired) electrons. The number of carbonyl (C=O) groups excluding carboxylic acids is 1. The van der Waals surface area contributed by atoms with Gasteiger partial charge >= 0.3 is 5.97 Å². The number of hydrogen-bond donors (Lipinski definition) is 0. The van der Waals surface area contributed by atoms with Crippen molar-refractivity contribution in [2.75, 3.05) is 0 Å². The van der Waals surface area contributed by atoms with E-state index in [1.54, 1.807) is 32.9 Å². The Hall–Kier alpha value is -2.44. The molecule has 1 heterocycles. The lowest BCUT2D eigenvalue weighted by atomic mass is 10.0. The molecule has 21 heavy (non-hydrogen) atoms. The number of nitro benzene ring substituents is 1. The molecular formula is C14H16N2O5. The molecule has 0 aromatic heterocycles. The van der Waals surface area contributed by atoms with Gasteiger partial charge in [0.15, 0.2) is 0 Å². The zero-order chi connectivity index (χ0) is 15.6. The summed E-state index contributed by atoms with van der Waals surface area (Å²) in [4.78, 5) is 27.2. The molecule has 0 spiro atoms. The van der Waals surface area contributed by atoms with Gasteiger partial charge in [0.1, 0.15) is 5.60 Å². The molecule has 0 saturated carbocycles. The van der Waals surface area contributed by atoms with E-state index in [2.05, 4.69) is 5.16 Å². The minimum atomic E-state index is -0.807. The monoisotopic (exact) mass is 292 g/mol. The van der Waals surface area contributed by atoms with Gasteiger partial charge in [-0.05, 0) is 20.8 Å². The molecule has 7 nitrogen and oxygen atoms in total. The maximum atomic E-state index is 11.9. The highest BCUT2D eigenvalue weighted by Gasteiger charge is 2.33. The molecule has 7 heteroatoms. The number of oxime groups is 1. The molecule has 1 unspecified atom stereocenters. The quantitative estimate of drug-likeness (QED) is 0.484. The summed E-state index contributed by atoms with van der Waals surface area (Å²) in [5.41, 5.74) is 0.426. The molecule has 2 rings (SSSR count). The summed E-state index contributed by atoms with van der Waals surface area (Å²) in [6.45, 7) is 5.30. The lowest BCUT2D eigenvalue weighted by Gasteiger charge is -2.20. The Labute approximate surface area is 121 Å². The zero-order valence-electron chi connectivity index (χ0n) is 12.0. The van der Waals surface area contributed by atoms with Gasteiger partial charge in [0.2, 0.25) is 6.10 Å². The fourth-order valence-electron chi connectivity index (χ4n) is 1.84. The lowest BCUT2D eigenvalue weighted by molar-refractivity contribution is -0.384. The van der Waals surface area contributed by atoms with Crippen molar-refractivity contribution in [1.82, 2.24) is 0 Å². The smallest absolute Gasteiger partial charge is 0.351 e. The van der Waals surface area contributed by atoms with Crippen LogP contribution in [0.5, 0.6) is 0 Å². The van der Waals surface area contributed by atoms with Crippen LogP contribution in [-0.2, 0) is 14.4 Å². The molecule has 0 N–H and O–H groups in total. The highest BCUT2D eigenvalue weighted by atomic mass is 16.7. The Bertz CT molecular complexity index is 604. The molecule has 0 saturated heterocycles. The van der Waals surface area contributed by atoms with Crippen molar-refractivity contribution in [3.05, 3.63) is 39.9 Å². The summed E-state index contributed by atoms with van der Waals surface area (Å²) >= 11 is 0. The topological polar surface area (TPSA) is 91.0 Å². The van der Waals surface area contributed by atoms with Gasteiger partial charge in [0.25, 0.3) is 5.69 Å². The van der Waals surface area contributed by atoms with E-state index in [1.807, 2.05) is 0 Å². The molecular weight excluding hydrogens is 276 g/mol. The van der Waals surface area contributed by atoms with E-state index < -0.39 is 22.6 Å². The van der Waals surface area contributed by atoms with Gasteiger partial charge < -0.3 is 9.57 Å². The average Bonchev–Trinajstić information content (AvgIpc) is 2.86. The fraction of sp³-hybridized carbons (Fsp3) is 0.429. The van der Waals surface area contributed by atoms with Gasteiger partial charge in [-0.3, -0.25) is 10.1 Å². The second kappa shape index (κ2) is 5.51. The zero-order valence-corrected chi connectivity index (χ0v) is 12.0. The minimum absolute atomic E-state index is 0.0316. The summed E-state index contributed by atoms with van der Waals surface area (Å²) in [5, 5.41) is 14.6. The van der Waals surface area contributed by atoms with Crippen molar-refractivity contribution in [2.45, 2.75) is 38.9 Å². The van der Waals surface area contributed by atoms with Gasteiger partial charge in [-0.2, -0.15) is 0 Å². The van der Waals surface area contributed by atoms with E-state index >= 15 is 0 Å². The molecule has 112 valence electrons. The van der Waals surface area contributed by atoms with Crippen LogP contribution in [0.4, 0.5) is 5.69 Å². The molecule has 1 atom stereocenters. The highest BCUT2D eigenvalue weighted by molar-refractivity contribution is 6.03. The lowest BCUT2D eigenvalue weighted by Crippen LogP contribution is -2.32. The summed E-state index contributed by atoms with van der Waals surface area (Å²) in [7, 11) is 0. The molecule has 0 amide bonds. The van der Waals surface area contributed by atoms with E-state index in [0.717, 1.165) is 0 Å². The van der Waals surface area contributed by atoms with Crippen LogP contribution < -0.4 is 0 Å². The van der Waals surface area contributed by atoms with Gasteiger partial charge in [0, 0.05) is 24.1 Å². The molecule has 0 aliphatic carbocycles. The molecule has 0 fully saturated rings. The normalized spacial score (nSPS) is 17.9. The molecule has 1 aromatic rings. The van der Waals surface area contributed by atoms with Crippen LogP contribution in [0.25, 0.3) is 0 Å². The number of esters is 1. The molecule has 0 bridgehead atoms. The van der Waals surface area contributed by atoms with Gasteiger partial charge in [-0.15, -0.1) is 0 Å². The molecule has 1 aliphatic heterocycles. The van der Waals surface area contributed by atoms with Crippen LogP contribution in [-0.4, -0.2) is 28.3 Å². The van der Waals surface area contributed by atoms with Crippen molar-refractivity contribution in [2.24, 2.45) is 5.16 Å². The summed E-state index contributed by atoms with van der Waals surface area (Å²) in [6, 6.07) is 6.05. The van der Waals surface area contributed by atoms with Crippen molar-refractivity contribution >= 4 is 17.4 Å². The Morgan fingerprint density at radius 3 is 2.81 bits per heavy atom. The number of non-ortho nitro benzene ring substituents is 1. The van der Waals surface area contributed by atoms with E-state index in [9.17, 15) is 14.9 Å². The number of ether oxygens (including phenoxy) is 1. The number of carbonyl (C=O) groups is 1. The maximum Gasteiger partial charge on any atom is 0.351 e. The first-order valence-corrected chi connectivity index (χ1v) is 6.46. The number of nitrogens with zero attached hydrogens (tertiary/aromatic N) is 2. The largest absolute Gasteiger partial charge is 0.457 e. The van der Waals surface area contributed by atoms with E-state index in [4.69, 9.17) is 9.57 Å². The summed E-state index contributed by atoms with van der Waals surface area (Å²) in [5.74, 6) is -0.494. The standard InChI is InChI=1S/C14H16N2O5/c1-14(2,3)20-13(17)12-8-11(15-21-12)9-5-4-6-10(7-9)16(18)19/h4-7,12H,8H2,1-3H3. The van der Waals surface area contributed by atoms with Crippen molar-refractivity contribution < 1.29 is 19.3 Å². The van der Waals surface area contributed by atoms with Gasteiger partial charge in [0.05, 0.1) is 10.6 Å². The second-order valence-corrected chi connectivity index (χ2v) is 5.68. The first-order chi connectivity index (χ1) is 9.76. The first-order valence-electron chi connectivity index (χ1n) is 6.46. The predicted molar refractivity (Wildman–Crippen MR) is 75.0 cm³/mol. The number of benzene rings is 1. The van der Waals surface area contributed by atoms with E-state index in [1.165, 1.54) is 12.1 Å². The van der Waals surface area contributed by atoms with E-state index in [0.29, 0.717) is 11.3 Å². The van der Waals surface area contributed by atoms with Gasteiger partial charge in [-0.25, -0.2) is 4.79 Å². The van der Waals surface area contributed by atoms with Crippen LogP contribution in [0.15, 0.2) is 29.4 Å². The van der Waals surface area contributed by atoms with E-state index in [-0.39, 0.29) is 12.1 Å². The van der Waals surface area contributed by atoms with Crippen LogP contribution in [0.3, 0.4) is 0 Å². The first kappa shape index (κ1) is 15.0. The fourth-order valence-corrected chi connectivity index (χ4v) is 1.84. The van der Waals surface area contributed by atoms with Crippen LogP contribution in [0.2, 0.25) is 0 Å². The molecule has 1 aliphatic rings. The summed E-state index contributed by atoms with van der Waals surface area (Å²) in [6.07, 6.45) is -0.575. The third-order valence-electron chi connectivity index (χ3n) is 2.73. The van der Waals surface area contributed by atoms with Gasteiger partial charge in [-0.1, -0.05) is 17.3 Å². The van der Waals surface area contributed by atoms with Crippen molar-refractivity contribution in [1.29, 1.82) is 0 Å². The third kappa shape index (κ3) is 3.77. The number of nitro groups is 1. The van der Waals surface area contributed by atoms with Crippen LogP contribution in [0.1, 0.15) is 32.8 Å². The Morgan fingerprint density at radius 2 is 2.19 bits per heavy atom. The maximum absolute atomic E-state index is 11.9. The minimum Gasteiger partial charge on any atom is -0.457 e. The SMILES string of the molecule is CC(C)(C)OC(=O)C1CC(c2cccc([N+](=O)[O-])c2)=NO1. The summed E-state index contributed by atoms with van der Waals surface area (Å²) < 4.78 is 5.22. The predicted octanol–water partition coefficient (Wildman–Crippen LogP) is 2.43. The second-order valence-electron chi connectivity index (χ2n) is 5.68. The average molecular weight is 292 g/mol. The number of rotatable bonds is 3. The van der Waals surface area contributed by atoms with Crippen LogP contribution in [0, 0.1) is 10.1 Å². The Morgan fingerprint density at radius 1 is 1.48 bits per heavy atom. The van der Waals surface area contributed by atoms with Crippen molar-refractivity contribution in [3.63, 3.8) is 0 Å². The van der Waals surface area contributed by atoms with Crippen LogP contribution >= 0.6 is 0 Å². The van der Waals surface area contributed by atoms with Crippen molar-refractivity contribution in [3.8, 4) is 0 Å².